The Morgan fingerprint density at radius 1 is 1.78 bits per heavy atom. The summed E-state index contributed by atoms with van der Waals surface area (Å²) in [5.74, 6) is -0.114. The molecule has 0 saturated carbocycles. The van der Waals surface area contributed by atoms with Gasteiger partial charge in [0.25, 0.3) is 5.91 Å². The van der Waals surface area contributed by atoms with E-state index in [9.17, 15) is 4.79 Å². The molecule has 1 aliphatic heterocycles. The number of nitrogens with zero attached hydrogens (tertiary/aromatic N) is 1. The quantitative estimate of drug-likeness (QED) is 0.484. The molecule has 0 aliphatic carbocycles. The van der Waals surface area contributed by atoms with Gasteiger partial charge in [0.1, 0.15) is 12.8 Å². The highest BCUT2D eigenvalue weighted by atomic mass is 16.6. The fourth-order valence-corrected chi connectivity index (χ4v) is 0.707. The van der Waals surface area contributed by atoms with Crippen LogP contribution in [0, 0.1) is 0 Å². The maximum absolute atomic E-state index is 10.6. The van der Waals surface area contributed by atoms with Crippen molar-refractivity contribution in [3.05, 3.63) is 0 Å². The fourth-order valence-electron chi connectivity index (χ4n) is 0.707. The molecule has 0 bridgehead atoms. The standard InChI is InChI=1S/C5H8N2O2/c1-9-7-4-2-3-6-5(4)8/h2-3H2,1H3,(H,6,8). The van der Waals surface area contributed by atoms with Gasteiger partial charge in [-0.15, -0.1) is 0 Å². The SMILES string of the molecule is CON=C1CCNC1=O. The molecule has 4 heteroatoms. The Labute approximate surface area is 52.9 Å². The second kappa shape index (κ2) is 2.48. The van der Waals surface area contributed by atoms with Crippen LogP contribution in [-0.2, 0) is 9.63 Å². The number of amides is 1. The Morgan fingerprint density at radius 3 is 3.00 bits per heavy atom. The minimum Gasteiger partial charge on any atom is -0.399 e. The molecule has 0 atom stereocenters. The van der Waals surface area contributed by atoms with Gasteiger partial charge in [0.05, 0.1) is 0 Å². The van der Waals surface area contributed by atoms with Crippen LogP contribution < -0.4 is 5.32 Å². The lowest BCUT2D eigenvalue weighted by atomic mass is 10.3. The molecule has 9 heavy (non-hydrogen) atoms. The van der Waals surface area contributed by atoms with Crippen LogP contribution >= 0.6 is 0 Å². The maximum atomic E-state index is 10.6. The molecule has 1 heterocycles. The number of hydrogen-bond donors (Lipinski definition) is 1. The first-order valence-corrected chi connectivity index (χ1v) is 2.73. The number of nitrogens with one attached hydrogen (secondary N) is 1. The van der Waals surface area contributed by atoms with Crippen molar-refractivity contribution in [1.82, 2.24) is 5.32 Å². The first-order valence-electron chi connectivity index (χ1n) is 2.73. The lowest BCUT2D eigenvalue weighted by Crippen LogP contribution is -2.18. The van der Waals surface area contributed by atoms with E-state index in [-0.39, 0.29) is 5.91 Å². The van der Waals surface area contributed by atoms with Gasteiger partial charge in [-0.3, -0.25) is 4.79 Å². The topological polar surface area (TPSA) is 50.7 Å². The number of carbonyl (C=O) groups is 1. The molecular weight excluding hydrogens is 120 g/mol. The summed E-state index contributed by atoms with van der Waals surface area (Å²) in [6.45, 7) is 0.682. The van der Waals surface area contributed by atoms with Crippen molar-refractivity contribution in [2.75, 3.05) is 13.7 Å². The van der Waals surface area contributed by atoms with Gasteiger partial charge >= 0.3 is 0 Å². The Morgan fingerprint density at radius 2 is 2.56 bits per heavy atom. The van der Waals surface area contributed by atoms with Crippen molar-refractivity contribution >= 4 is 11.6 Å². The van der Waals surface area contributed by atoms with E-state index in [1.165, 1.54) is 7.11 Å². The van der Waals surface area contributed by atoms with E-state index in [2.05, 4.69) is 15.3 Å². The Balaban J connectivity index is 2.59. The van der Waals surface area contributed by atoms with Crippen LogP contribution in [-0.4, -0.2) is 25.3 Å². The third-order valence-corrected chi connectivity index (χ3v) is 1.11. The van der Waals surface area contributed by atoms with Crippen LogP contribution in [0.1, 0.15) is 6.42 Å². The maximum Gasteiger partial charge on any atom is 0.269 e. The molecular formula is C5H8N2O2. The van der Waals surface area contributed by atoms with E-state index in [4.69, 9.17) is 0 Å². The molecule has 0 aromatic heterocycles. The molecule has 1 fully saturated rings. The molecule has 4 nitrogen and oxygen atoms in total. The number of carbonyl (C=O) groups excluding carboxylic acids is 1. The molecule has 0 radical (unpaired) electrons. The lowest BCUT2D eigenvalue weighted by Gasteiger charge is -1.88. The largest absolute Gasteiger partial charge is 0.399 e. The lowest BCUT2D eigenvalue weighted by molar-refractivity contribution is -0.114. The van der Waals surface area contributed by atoms with Gasteiger partial charge in [-0.05, 0) is 0 Å². The van der Waals surface area contributed by atoms with Gasteiger partial charge in [0.15, 0.2) is 0 Å². The van der Waals surface area contributed by atoms with Crippen molar-refractivity contribution < 1.29 is 9.63 Å². The summed E-state index contributed by atoms with van der Waals surface area (Å²) in [5, 5.41) is 6.11. The monoisotopic (exact) mass is 128 g/mol. The zero-order valence-corrected chi connectivity index (χ0v) is 5.18. The van der Waals surface area contributed by atoms with Gasteiger partial charge in [-0.1, -0.05) is 5.16 Å². The van der Waals surface area contributed by atoms with Crippen molar-refractivity contribution in [3.63, 3.8) is 0 Å². The summed E-state index contributed by atoms with van der Waals surface area (Å²) in [4.78, 5) is 15.1. The molecule has 1 saturated heterocycles. The van der Waals surface area contributed by atoms with Crippen LogP contribution in [0.2, 0.25) is 0 Å². The zero-order valence-electron chi connectivity index (χ0n) is 5.18. The predicted octanol–water partition coefficient (Wildman–Crippen LogP) is -0.491. The Hall–Kier alpha value is -1.06. The number of rotatable bonds is 1. The molecule has 1 N–H and O–H groups in total. The number of hydrogen-bond acceptors (Lipinski definition) is 3. The molecule has 1 rings (SSSR count). The summed E-state index contributed by atoms with van der Waals surface area (Å²) in [6, 6.07) is 0. The van der Waals surface area contributed by atoms with Gasteiger partial charge in [0, 0.05) is 13.0 Å². The van der Waals surface area contributed by atoms with Crippen LogP contribution in [0.5, 0.6) is 0 Å². The highest BCUT2D eigenvalue weighted by molar-refractivity contribution is 6.40. The molecule has 50 valence electrons. The van der Waals surface area contributed by atoms with Crippen LogP contribution in [0.3, 0.4) is 0 Å². The summed E-state index contributed by atoms with van der Waals surface area (Å²) in [5.41, 5.74) is 0.484. The van der Waals surface area contributed by atoms with E-state index in [1.54, 1.807) is 0 Å². The second-order valence-corrected chi connectivity index (χ2v) is 1.73. The van der Waals surface area contributed by atoms with Gasteiger partial charge < -0.3 is 10.2 Å². The van der Waals surface area contributed by atoms with E-state index in [0.717, 1.165) is 0 Å². The molecule has 0 aromatic rings. The van der Waals surface area contributed by atoms with Gasteiger partial charge in [-0.2, -0.15) is 0 Å². The summed E-state index contributed by atoms with van der Waals surface area (Å²) in [7, 11) is 1.43. The van der Waals surface area contributed by atoms with Crippen molar-refractivity contribution in [2.24, 2.45) is 5.16 Å². The summed E-state index contributed by atoms with van der Waals surface area (Å²) in [6.07, 6.45) is 0.673. The second-order valence-electron chi connectivity index (χ2n) is 1.73. The highest BCUT2D eigenvalue weighted by Crippen LogP contribution is 1.94. The van der Waals surface area contributed by atoms with E-state index in [0.29, 0.717) is 18.7 Å². The van der Waals surface area contributed by atoms with Gasteiger partial charge in [0.2, 0.25) is 0 Å². The molecule has 1 amide bonds. The van der Waals surface area contributed by atoms with E-state index < -0.39 is 0 Å². The smallest absolute Gasteiger partial charge is 0.269 e. The first-order chi connectivity index (χ1) is 4.34. The molecule has 0 unspecified atom stereocenters. The van der Waals surface area contributed by atoms with E-state index >= 15 is 0 Å². The van der Waals surface area contributed by atoms with Crippen molar-refractivity contribution in [2.45, 2.75) is 6.42 Å². The Kier molecular flexibility index (Phi) is 1.67. The number of oxime groups is 1. The highest BCUT2D eigenvalue weighted by Gasteiger charge is 2.17. The molecule has 0 spiro atoms. The third kappa shape index (κ3) is 1.19. The molecule has 1 aliphatic rings. The van der Waals surface area contributed by atoms with Crippen molar-refractivity contribution in [1.29, 1.82) is 0 Å². The average Bonchev–Trinajstić information content (AvgIpc) is 2.18. The van der Waals surface area contributed by atoms with E-state index in [1.807, 2.05) is 0 Å². The average molecular weight is 128 g/mol. The third-order valence-electron chi connectivity index (χ3n) is 1.11. The first kappa shape index (κ1) is 6.07. The fraction of sp³-hybridized carbons (Fsp3) is 0.600. The van der Waals surface area contributed by atoms with Crippen molar-refractivity contribution in [3.8, 4) is 0 Å². The Bertz CT molecular complexity index is 153. The minimum atomic E-state index is -0.114. The predicted molar refractivity (Wildman–Crippen MR) is 32.1 cm³/mol. The molecule has 0 aromatic carbocycles. The van der Waals surface area contributed by atoms with Crippen LogP contribution in [0.4, 0.5) is 0 Å². The van der Waals surface area contributed by atoms with Crippen LogP contribution in [0.15, 0.2) is 5.16 Å². The minimum absolute atomic E-state index is 0.114. The van der Waals surface area contributed by atoms with Crippen LogP contribution in [0.25, 0.3) is 0 Å². The zero-order chi connectivity index (χ0) is 6.69. The summed E-state index contributed by atoms with van der Waals surface area (Å²) < 4.78 is 0. The van der Waals surface area contributed by atoms with Gasteiger partial charge in [-0.25, -0.2) is 0 Å². The summed E-state index contributed by atoms with van der Waals surface area (Å²) >= 11 is 0. The normalized spacial score (nSPS) is 22.3.